The van der Waals surface area contributed by atoms with Gasteiger partial charge in [-0.15, -0.1) is 0 Å². The van der Waals surface area contributed by atoms with Crippen LogP contribution in [0.1, 0.15) is 21.6 Å². The number of carbonyl (C=O) groups is 1. The molecule has 3 rings (SSSR count). The van der Waals surface area contributed by atoms with E-state index in [1.54, 1.807) is 16.8 Å². The van der Waals surface area contributed by atoms with Gasteiger partial charge in [0.25, 0.3) is 11.6 Å². The van der Waals surface area contributed by atoms with Crippen LogP contribution in [0.3, 0.4) is 0 Å². The van der Waals surface area contributed by atoms with Crippen LogP contribution >= 0.6 is 0 Å². The van der Waals surface area contributed by atoms with Crippen molar-refractivity contribution < 1.29 is 9.72 Å². The first-order valence-electron chi connectivity index (χ1n) is 7.68. The summed E-state index contributed by atoms with van der Waals surface area (Å²) in [6.07, 6.45) is 0. The van der Waals surface area contributed by atoms with Crippen LogP contribution < -0.4 is 5.32 Å². The Morgan fingerprint density at radius 3 is 2.56 bits per heavy atom. The molecule has 7 nitrogen and oxygen atoms in total. The van der Waals surface area contributed by atoms with E-state index in [1.807, 2.05) is 37.3 Å². The van der Waals surface area contributed by atoms with Gasteiger partial charge < -0.3 is 5.32 Å². The fourth-order valence-electron chi connectivity index (χ4n) is 2.50. The van der Waals surface area contributed by atoms with Crippen LogP contribution in [0.2, 0.25) is 0 Å². The number of hydrogen-bond acceptors (Lipinski definition) is 4. The summed E-state index contributed by atoms with van der Waals surface area (Å²) in [7, 11) is 0. The van der Waals surface area contributed by atoms with Gasteiger partial charge >= 0.3 is 0 Å². The minimum Gasteiger partial charge on any atom is -0.305 e. The molecule has 1 amide bonds. The Balaban J connectivity index is 1.79. The minimum atomic E-state index is -0.575. The van der Waals surface area contributed by atoms with Gasteiger partial charge in [0.15, 0.2) is 5.82 Å². The van der Waals surface area contributed by atoms with Gasteiger partial charge in [-0.25, -0.2) is 0 Å². The number of anilines is 1. The molecule has 2 aromatic carbocycles. The maximum Gasteiger partial charge on any atom is 0.282 e. The molecular formula is C18H16N4O3. The molecule has 3 aromatic rings. The van der Waals surface area contributed by atoms with E-state index in [4.69, 9.17) is 0 Å². The second-order valence-electron chi connectivity index (χ2n) is 5.54. The van der Waals surface area contributed by atoms with E-state index < -0.39 is 10.8 Å². The number of nitrogens with one attached hydrogen (secondary N) is 1. The largest absolute Gasteiger partial charge is 0.305 e. The van der Waals surface area contributed by atoms with E-state index >= 15 is 0 Å². The second kappa shape index (κ2) is 6.96. The van der Waals surface area contributed by atoms with Crippen LogP contribution in [0.15, 0.2) is 60.7 Å². The summed E-state index contributed by atoms with van der Waals surface area (Å²) in [5.41, 5.74) is 1.73. The first-order chi connectivity index (χ1) is 12.0. The van der Waals surface area contributed by atoms with Crippen LogP contribution in [-0.2, 0) is 6.54 Å². The average Bonchev–Trinajstić information content (AvgIpc) is 2.94. The Labute approximate surface area is 144 Å². The van der Waals surface area contributed by atoms with Crippen molar-refractivity contribution in [1.82, 2.24) is 9.78 Å². The third-order valence-corrected chi connectivity index (χ3v) is 3.74. The third kappa shape index (κ3) is 3.72. The Morgan fingerprint density at radius 2 is 1.84 bits per heavy atom. The van der Waals surface area contributed by atoms with Crippen LogP contribution in [0.25, 0.3) is 0 Å². The number of nitro groups is 1. The van der Waals surface area contributed by atoms with Gasteiger partial charge in [-0.1, -0.05) is 42.5 Å². The molecule has 0 bridgehead atoms. The van der Waals surface area contributed by atoms with Gasteiger partial charge in [-0.3, -0.25) is 19.6 Å². The van der Waals surface area contributed by atoms with Crippen molar-refractivity contribution in [2.24, 2.45) is 0 Å². The Kier molecular flexibility index (Phi) is 4.56. The Hall–Kier alpha value is -3.48. The zero-order chi connectivity index (χ0) is 17.8. The molecule has 1 heterocycles. The number of carbonyl (C=O) groups excluding carboxylic acids is 1. The molecule has 0 unspecified atom stereocenters. The molecule has 0 saturated heterocycles. The van der Waals surface area contributed by atoms with Crippen LogP contribution in [0, 0.1) is 17.0 Å². The summed E-state index contributed by atoms with van der Waals surface area (Å²) in [5.74, 6) is -0.201. The highest BCUT2D eigenvalue weighted by molar-refractivity contribution is 6.06. The van der Waals surface area contributed by atoms with Crippen LogP contribution in [0.4, 0.5) is 11.5 Å². The topological polar surface area (TPSA) is 90.1 Å². The SMILES string of the molecule is Cc1cc(NC(=O)c2ccccc2[N+](=O)[O-])nn1Cc1ccccc1. The van der Waals surface area contributed by atoms with Gasteiger partial charge in [-0.05, 0) is 18.6 Å². The fraction of sp³-hybridized carbons (Fsp3) is 0.111. The molecule has 0 saturated carbocycles. The Morgan fingerprint density at radius 1 is 1.16 bits per heavy atom. The van der Waals surface area contributed by atoms with Crippen molar-refractivity contribution in [1.29, 1.82) is 0 Å². The lowest BCUT2D eigenvalue weighted by molar-refractivity contribution is -0.385. The molecule has 0 atom stereocenters. The number of nitrogens with zero attached hydrogens (tertiary/aromatic N) is 3. The van der Waals surface area contributed by atoms with Crippen molar-refractivity contribution in [3.05, 3.63) is 87.6 Å². The predicted octanol–water partition coefficient (Wildman–Crippen LogP) is 3.40. The Bertz CT molecular complexity index is 919. The molecular weight excluding hydrogens is 320 g/mol. The van der Waals surface area contributed by atoms with Gasteiger partial charge in [0.2, 0.25) is 0 Å². The van der Waals surface area contributed by atoms with Gasteiger partial charge in [0.1, 0.15) is 5.56 Å². The molecule has 126 valence electrons. The molecule has 0 aliphatic heterocycles. The third-order valence-electron chi connectivity index (χ3n) is 3.74. The van der Waals surface area contributed by atoms with E-state index in [0.717, 1.165) is 11.3 Å². The lowest BCUT2D eigenvalue weighted by Gasteiger charge is -2.04. The van der Waals surface area contributed by atoms with Gasteiger partial charge in [-0.2, -0.15) is 5.10 Å². The highest BCUT2D eigenvalue weighted by Crippen LogP contribution is 2.19. The number of aromatic nitrogens is 2. The summed E-state index contributed by atoms with van der Waals surface area (Å²) >= 11 is 0. The number of benzene rings is 2. The highest BCUT2D eigenvalue weighted by atomic mass is 16.6. The number of para-hydroxylation sites is 1. The molecule has 7 heteroatoms. The molecule has 25 heavy (non-hydrogen) atoms. The number of hydrogen-bond donors (Lipinski definition) is 1. The molecule has 1 N–H and O–H groups in total. The standard InChI is InChI=1S/C18H16N4O3/c1-13-11-17(20-21(13)12-14-7-3-2-4-8-14)19-18(23)15-9-5-6-10-16(15)22(24)25/h2-11H,12H2,1H3,(H,19,20,23). The van der Waals surface area contributed by atoms with Crippen molar-refractivity contribution in [2.45, 2.75) is 13.5 Å². The number of rotatable bonds is 5. The van der Waals surface area contributed by atoms with Crippen molar-refractivity contribution in [3.63, 3.8) is 0 Å². The maximum atomic E-state index is 12.4. The number of amides is 1. The second-order valence-corrected chi connectivity index (χ2v) is 5.54. The highest BCUT2D eigenvalue weighted by Gasteiger charge is 2.20. The van der Waals surface area contributed by atoms with Crippen molar-refractivity contribution in [3.8, 4) is 0 Å². The molecule has 0 radical (unpaired) electrons. The van der Waals surface area contributed by atoms with E-state index in [2.05, 4.69) is 10.4 Å². The first kappa shape index (κ1) is 16.4. The summed E-state index contributed by atoms with van der Waals surface area (Å²) in [6.45, 7) is 2.46. The van der Waals surface area contributed by atoms with Crippen molar-refractivity contribution in [2.75, 3.05) is 5.32 Å². The van der Waals surface area contributed by atoms with E-state index in [0.29, 0.717) is 12.4 Å². The maximum absolute atomic E-state index is 12.4. The number of aryl methyl sites for hydroxylation is 1. The molecule has 0 aliphatic rings. The minimum absolute atomic E-state index is 0.00256. The van der Waals surface area contributed by atoms with E-state index in [-0.39, 0.29) is 11.3 Å². The summed E-state index contributed by atoms with van der Waals surface area (Å²) in [6, 6.07) is 17.4. The smallest absolute Gasteiger partial charge is 0.282 e. The lowest BCUT2D eigenvalue weighted by atomic mass is 10.1. The summed E-state index contributed by atoms with van der Waals surface area (Å²) < 4.78 is 1.77. The molecule has 0 spiro atoms. The van der Waals surface area contributed by atoms with Crippen LogP contribution in [-0.4, -0.2) is 20.6 Å². The summed E-state index contributed by atoms with van der Waals surface area (Å²) in [5, 5.41) is 18.0. The molecule has 1 aromatic heterocycles. The molecule has 0 aliphatic carbocycles. The predicted molar refractivity (Wildman–Crippen MR) is 93.6 cm³/mol. The quantitative estimate of drug-likeness (QED) is 0.571. The summed E-state index contributed by atoms with van der Waals surface area (Å²) in [4.78, 5) is 22.8. The van der Waals surface area contributed by atoms with Gasteiger partial charge in [0, 0.05) is 17.8 Å². The van der Waals surface area contributed by atoms with Crippen LogP contribution in [0.5, 0.6) is 0 Å². The zero-order valence-electron chi connectivity index (χ0n) is 13.5. The monoisotopic (exact) mass is 336 g/mol. The van der Waals surface area contributed by atoms with Crippen molar-refractivity contribution >= 4 is 17.4 Å². The first-order valence-corrected chi connectivity index (χ1v) is 7.68. The fourth-order valence-corrected chi connectivity index (χ4v) is 2.50. The van der Waals surface area contributed by atoms with E-state index in [1.165, 1.54) is 18.2 Å². The van der Waals surface area contributed by atoms with E-state index in [9.17, 15) is 14.9 Å². The molecule has 0 fully saturated rings. The normalized spacial score (nSPS) is 10.4. The average molecular weight is 336 g/mol. The lowest BCUT2D eigenvalue weighted by Crippen LogP contribution is -2.14. The number of nitro benzene ring substituents is 1. The van der Waals surface area contributed by atoms with Gasteiger partial charge in [0.05, 0.1) is 11.5 Å². The zero-order valence-corrected chi connectivity index (χ0v) is 13.5.